The number of thioether (sulfide) groups is 1. The van der Waals surface area contributed by atoms with Crippen LogP contribution in [0.25, 0.3) is 11.5 Å². The molecule has 0 bridgehead atoms. The third-order valence-corrected chi connectivity index (χ3v) is 4.90. The van der Waals surface area contributed by atoms with Crippen LogP contribution in [-0.2, 0) is 9.59 Å². The van der Waals surface area contributed by atoms with Crippen molar-refractivity contribution in [1.29, 1.82) is 0 Å². The van der Waals surface area contributed by atoms with Crippen molar-refractivity contribution in [3.8, 4) is 23.0 Å². The van der Waals surface area contributed by atoms with Crippen molar-refractivity contribution in [2.75, 3.05) is 26.1 Å². The van der Waals surface area contributed by atoms with E-state index in [1.54, 1.807) is 25.2 Å². The molecule has 0 radical (unpaired) electrons. The van der Waals surface area contributed by atoms with E-state index in [1.807, 2.05) is 0 Å². The summed E-state index contributed by atoms with van der Waals surface area (Å²) in [5, 5.41) is 11.1. The summed E-state index contributed by atoms with van der Waals surface area (Å²) in [4.78, 5) is 25.3. The average Bonchev–Trinajstić information content (AvgIpc) is 3.16. The molecule has 0 atom stereocenters. The van der Waals surface area contributed by atoms with Crippen LogP contribution >= 0.6 is 11.8 Å². The Morgan fingerprint density at radius 1 is 1.26 bits per heavy atom. The van der Waals surface area contributed by atoms with Crippen LogP contribution < -0.4 is 14.8 Å². The van der Waals surface area contributed by atoms with E-state index in [-0.39, 0.29) is 42.2 Å². The van der Waals surface area contributed by atoms with E-state index in [0.717, 1.165) is 24.6 Å². The van der Waals surface area contributed by atoms with Gasteiger partial charge in [-0.25, -0.2) is 0 Å². The van der Waals surface area contributed by atoms with Gasteiger partial charge in [-0.1, -0.05) is 11.8 Å². The molecule has 1 saturated carbocycles. The molecule has 2 heterocycles. The summed E-state index contributed by atoms with van der Waals surface area (Å²) in [7, 11) is 1.60. The first-order valence-corrected chi connectivity index (χ1v) is 9.47. The van der Waals surface area contributed by atoms with Crippen molar-refractivity contribution in [2.24, 2.45) is 0 Å². The third-order valence-electron chi connectivity index (χ3n) is 4.09. The van der Waals surface area contributed by atoms with Gasteiger partial charge in [-0.15, -0.1) is 10.2 Å². The van der Waals surface area contributed by atoms with Crippen molar-refractivity contribution < 1.29 is 23.5 Å². The molecule has 2 amide bonds. The predicted molar refractivity (Wildman–Crippen MR) is 95.4 cm³/mol. The molecule has 1 N–H and O–H groups in total. The normalized spacial score (nSPS) is 14.9. The van der Waals surface area contributed by atoms with Gasteiger partial charge in [-0.2, -0.15) is 0 Å². The fourth-order valence-corrected chi connectivity index (χ4v) is 3.16. The number of amides is 2. The number of hydrogen-bond acceptors (Lipinski definition) is 8. The molecule has 1 aromatic carbocycles. The Bertz CT molecular complexity index is 867. The molecule has 2 aromatic rings. The molecule has 10 heteroatoms. The highest BCUT2D eigenvalue weighted by Crippen LogP contribution is 2.36. The van der Waals surface area contributed by atoms with Gasteiger partial charge in [0.2, 0.25) is 24.5 Å². The van der Waals surface area contributed by atoms with E-state index in [1.165, 1.54) is 4.90 Å². The topological polar surface area (TPSA) is 107 Å². The highest BCUT2D eigenvalue weighted by atomic mass is 32.2. The Morgan fingerprint density at radius 3 is 2.89 bits per heavy atom. The Balaban J connectivity index is 1.30. The van der Waals surface area contributed by atoms with Crippen LogP contribution in [-0.4, -0.2) is 59.1 Å². The smallest absolute Gasteiger partial charge is 0.277 e. The Morgan fingerprint density at radius 2 is 2.07 bits per heavy atom. The van der Waals surface area contributed by atoms with E-state index >= 15 is 0 Å². The molecule has 1 aromatic heterocycles. The molecule has 142 valence electrons. The summed E-state index contributed by atoms with van der Waals surface area (Å²) in [6.07, 6.45) is 2.03. The number of carbonyl (C=O) groups is 2. The first-order chi connectivity index (χ1) is 13.1. The highest BCUT2D eigenvalue weighted by molar-refractivity contribution is 7.99. The molecular weight excluding hydrogens is 372 g/mol. The van der Waals surface area contributed by atoms with E-state index < -0.39 is 0 Å². The van der Waals surface area contributed by atoms with Crippen LogP contribution in [0.1, 0.15) is 12.8 Å². The van der Waals surface area contributed by atoms with Crippen LogP contribution in [0.15, 0.2) is 27.8 Å². The molecule has 1 aliphatic carbocycles. The van der Waals surface area contributed by atoms with E-state index in [9.17, 15) is 9.59 Å². The lowest BCUT2D eigenvalue weighted by Gasteiger charge is -2.15. The predicted octanol–water partition coefficient (Wildman–Crippen LogP) is 1.29. The second-order valence-corrected chi connectivity index (χ2v) is 7.25. The van der Waals surface area contributed by atoms with Crippen molar-refractivity contribution in [1.82, 2.24) is 20.4 Å². The second kappa shape index (κ2) is 7.47. The van der Waals surface area contributed by atoms with Gasteiger partial charge >= 0.3 is 0 Å². The van der Waals surface area contributed by atoms with Gasteiger partial charge in [-0.3, -0.25) is 9.59 Å². The number of aromatic nitrogens is 2. The minimum absolute atomic E-state index is 0.0438. The average molecular weight is 390 g/mol. The molecule has 27 heavy (non-hydrogen) atoms. The summed E-state index contributed by atoms with van der Waals surface area (Å²) in [6, 6.07) is 5.62. The number of fused-ring (bicyclic) bond motifs is 1. The van der Waals surface area contributed by atoms with Crippen molar-refractivity contribution in [2.45, 2.75) is 24.1 Å². The monoisotopic (exact) mass is 390 g/mol. The lowest BCUT2D eigenvalue weighted by atomic mass is 10.2. The number of rotatable bonds is 7. The molecule has 0 spiro atoms. The first-order valence-electron chi connectivity index (χ1n) is 8.48. The number of ether oxygens (including phenoxy) is 2. The molecule has 4 rings (SSSR count). The van der Waals surface area contributed by atoms with Gasteiger partial charge in [-0.05, 0) is 31.0 Å². The molecule has 0 saturated heterocycles. The van der Waals surface area contributed by atoms with Gasteiger partial charge in [0.25, 0.3) is 5.22 Å². The lowest BCUT2D eigenvalue weighted by molar-refractivity contribution is -0.132. The van der Waals surface area contributed by atoms with Gasteiger partial charge in [0, 0.05) is 18.7 Å². The van der Waals surface area contributed by atoms with Crippen LogP contribution in [0.4, 0.5) is 0 Å². The third kappa shape index (κ3) is 4.33. The molecule has 9 nitrogen and oxygen atoms in total. The molecule has 1 aliphatic heterocycles. The first kappa shape index (κ1) is 17.7. The maximum absolute atomic E-state index is 12.2. The van der Waals surface area contributed by atoms with Gasteiger partial charge in [0.15, 0.2) is 11.5 Å². The molecule has 2 aliphatic rings. The van der Waals surface area contributed by atoms with E-state index in [2.05, 4.69) is 15.5 Å². The summed E-state index contributed by atoms with van der Waals surface area (Å²) in [5.41, 5.74) is 0.707. The standard InChI is InChI=1S/C17H18N4O5S/c1-21(7-14(22)18-11-3-4-11)15(23)8-27-17-20-19-16(26-17)10-2-5-12-13(6-10)25-9-24-12/h2,5-6,11H,3-4,7-9H2,1H3,(H,18,22). The zero-order chi connectivity index (χ0) is 18.8. The minimum Gasteiger partial charge on any atom is -0.454 e. The van der Waals surface area contributed by atoms with Crippen LogP contribution in [0.3, 0.4) is 0 Å². The van der Waals surface area contributed by atoms with Crippen LogP contribution in [0, 0.1) is 0 Å². The fourth-order valence-electron chi connectivity index (χ4n) is 2.45. The van der Waals surface area contributed by atoms with Crippen LogP contribution in [0.2, 0.25) is 0 Å². The number of nitrogens with zero attached hydrogens (tertiary/aromatic N) is 3. The number of likely N-dealkylation sites (N-methyl/N-ethyl adjacent to an activating group) is 1. The number of hydrogen-bond donors (Lipinski definition) is 1. The van der Waals surface area contributed by atoms with Crippen molar-refractivity contribution in [3.63, 3.8) is 0 Å². The number of nitrogens with one attached hydrogen (secondary N) is 1. The quantitative estimate of drug-likeness (QED) is 0.705. The molecule has 1 fully saturated rings. The minimum atomic E-state index is -0.186. The van der Waals surface area contributed by atoms with Crippen molar-refractivity contribution in [3.05, 3.63) is 18.2 Å². The lowest BCUT2D eigenvalue weighted by Crippen LogP contribution is -2.39. The fraction of sp³-hybridized carbons (Fsp3) is 0.412. The largest absolute Gasteiger partial charge is 0.454 e. The second-order valence-electron chi connectivity index (χ2n) is 6.32. The summed E-state index contributed by atoms with van der Waals surface area (Å²) in [5.74, 6) is 1.42. The summed E-state index contributed by atoms with van der Waals surface area (Å²) >= 11 is 1.13. The Hall–Kier alpha value is -2.75. The Labute approximate surface area is 159 Å². The van der Waals surface area contributed by atoms with Gasteiger partial charge in [0.05, 0.1) is 12.3 Å². The number of benzene rings is 1. The van der Waals surface area contributed by atoms with E-state index in [4.69, 9.17) is 13.9 Å². The number of carbonyl (C=O) groups excluding carboxylic acids is 2. The van der Waals surface area contributed by atoms with Crippen molar-refractivity contribution >= 4 is 23.6 Å². The summed E-state index contributed by atoms with van der Waals surface area (Å²) < 4.78 is 16.2. The summed E-state index contributed by atoms with van der Waals surface area (Å²) in [6.45, 7) is 0.236. The molecule has 0 unspecified atom stereocenters. The zero-order valence-corrected chi connectivity index (χ0v) is 15.5. The Kier molecular flexibility index (Phi) is 4.88. The van der Waals surface area contributed by atoms with Gasteiger partial charge < -0.3 is 24.1 Å². The maximum Gasteiger partial charge on any atom is 0.277 e. The maximum atomic E-state index is 12.2. The van der Waals surface area contributed by atoms with Crippen LogP contribution in [0.5, 0.6) is 11.5 Å². The SMILES string of the molecule is CN(CC(=O)NC1CC1)C(=O)CSc1nnc(-c2ccc3c(c2)OCO3)o1. The highest BCUT2D eigenvalue weighted by Gasteiger charge is 2.24. The van der Waals surface area contributed by atoms with E-state index in [0.29, 0.717) is 23.0 Å². The van der Waals surface area contributed by atoms with Gasteiger partial charge in [0.1, 0.15) is 0 Å². The molecular formula is C17H18N4O5S. The zero-order valence-electron chi connectivity index (χ0n) is 14.6.